The summed E-state index contributed by atoms with van der Waals surface area (Å²) in [5, 5.41) is 0. The Balaban J connectivity index is 2.24. The summed E-state index contributed by atoms with van der Waals surface area (Å²) in [6, 6.07) is 13.6. The van der Waals surface area contributed by atoms with Gasteiger partial charge in [0.1, 0.15) is 5.75 Å². The van der Waals surface area contributed by atoms with Crippen molar-refractivity contribution in [3.8, 4) is 5.75 Å². The van der Waals surface area contributed by atoms with Crippen LogP contribution in [0.1, 0.15) is 11.1 Å². The highest BCUT2D eigenvalue weighted by Gasteiger charge is 2.16. The number of benzene rings is 1. The molecule has 16 heavy (non-hydrogen) atoms. The van der Waals surface area contributed by atoms with Gasteiger partial charge in [-0.05, 0) is 35.9 Å². The van der Waals surface area contributed by atoms with Crippen molar-refractivity contribution in [2.24, 2.45) is 0 Å². The lowest BCUT2D eigenvalue weighted by Crippen LogP contribution is -2.35. The predicted molar refractivity (Wildman–Crippen MR) is 63.6 cm³/mol. The van der Waals surface area contributed by atoms with Crippen LogP contribution in [0.4, 0.5) is 0 Å². The fourth-order valence-electron chi connectivity index (χ4n) is 1.50. The van der Waals surface area contributed by atoms with Gasteiger partial charge in [0, 0.05) is 17.7 Å². The van der Waals surface area contributed by atoms with Gasteiger partial charge in [-0.3, -0.25) is 0 Å². The van der Waals surface area contributed by atoms with Gasteiger partial charge in [-0.2, -0.15) is 4.57 Å². The van der Waals surface area contributed by atoms with Crippen molar-refractivity contribution in [2.75, 3.05) is 7.11 Å². The van der Waals surface area contributed by atoms with E-state index in [0.717, 1.165) is 11.3 Å². The van der Waals surface area contributed by atoms with Gasteiger partial charge in [0.2, 0.25) is 0 Å². The van der Waals surface area contributed by atoms with Crippen LogP contribution in [0.25, 0.3) is 0 Å². The van der Waals surface area contributed by atoms with E-state index in [2.05, 4.69) is 0 Å². The Morgan fingerprint density at radius 1 is 1.06 bits per heavy atom. The van der Waals surface area contributed by atoms with Crippen LogP contribution in [-0.2, 0) is 0 Å². The lowest BCUT2D eigenvalue weighted by molar-refractivity contribution is -0.694. The number of ether oxygens (including phenoxy) is 1. The molecule has 3 heteroatoms. The predicted octanol–water partition coefficient (Wildman–Crippen LogP) is 2.77. The second-order valence-corrected chi connectivity index (χ2v) is 3.85. The number of nitrogens with zero attached hydrogens (tertiary/aromatic N) is 1. The van der Waals surface area contributed by atoms with Crippen LogP contribution in [0.2, 0.25) is 0 Å². The molecule has 1 unspecified atom stereocenters. The maximum absolute atomic E-state index is 6.35. The van der Waals surface area contributed by atoms with Crippen LogP contribution in [0.15, 0.2) is 54.9 Å². The minimum absolute atomic E-state index is 0.188. The molecule has 0 aliphatic heterocycles. The van der Waals surface area contributed by atoms with E-state index in [-0.39, 0.29) is 5.50 Å². The molecule has 0 N–H and O–H groups in total. The summed E-state index contributed by atoms with van der Waals surface area (Å²) >= 11 is 6.35. The molecular formula is C13H13ClNO+. The Bertz CT molecular complexity index is 441. The first-order valence-electron chi connectivity index (χ1n) is 5.05. The summed E-state index contributed by atoms with van der Waals surface area (Å²) in [4.78, 5) is 0. The third-order valence-electron chi connectivity index (χ3n) is 2.39. The van der Waals surface area contributed by atoms with Crippen molar-refractivity contribution < 1.29 is 9.30 Å². The van der Waals surface area contributed by atoms with Crippen molar-refractivity contribution in [1.29, 1.82) is 0 Å². The van der Waals surface area contributed by atoms with E-state index in [1.54, 1.807) is 7.11 Å². The van der Waals surface area contributed by atoms with Crippen molar-refractivity contribution in [3.63, 3.8) is 0 Å². The smallest absolute Gasteiger partial charge is 0.258 e. The van der Waals surface area contributed by atoms with Gasteiger partial charge in [0.05, 0.1) is 7.11 Å². The van der Waals surface area contributed by atoms with Gasteiger partial charge in [0.25, 0.3) is 5.50 Å². The lowest BCUT2D eigenvalue weighted by atomic mass is 10.2. The van der Waals surface area contributed by atoms with Gasteiger partial charge in [-0.1, -0.05) is 6.07 Å². The van der Waals surface area contributed by atoms with Gasteiger partial charge >= 0.3 is 0 Å². The van der Waals surface area contributed by atoms with Crippen molar-refractivity contribution >= 4 is 11.6 Å². The average molecular weight is 235 g/mol. The minimum Gasteiger partial charge on any atom is -0.497 e. The Morgan fingerprint density at radius 3 is 2.25 bits per heavy atom. The molecular weight excluding hydrogens is 222 g/mol. The summed E-state index contributed by atoms with van der Waals surface area (Å²) in [6.45, 7) is 0. The van der Waals surface area contributed by atoms with Gasteiger partial charge < -0.3 is 4.74 Å². The molecule has 0 fully saturated rings. The SMILES string of the molecule is COc1ccc(C(Cl)[n+]2ccccc2)cc1. The highest BCUT2D eigenvalue weighted by atomic mass is 35.5. The fourth-order valence-corrected chi connectivity index (χ4v) is 1.77. The monoisotopic (exact) mass is 234 g/mol. The number of hydrogen-bond donors (Lipinski definition) is 0. The first-order chi connectivity index (χ1) is 7.81. The first-order valence-corrected chi connectivity index (χ1v) is 5.48. The zero-order valence-corrected chi connectivity index (χ0v) is 9.76. The summed E-state index contributed by atoms with van der Waals surface area (Å²) in [7, 11) is 1.65. The number of halogens is 1. The Morgan fingerprint density at radius 2 is 1.69 bits per heavy atom. The minimum atomic E-state index is -0.188. The largest absolute Gasteiger partial charge is 0.497 e. The third-order valence-corrected chi connectivity index (χ3v) is 2.87. The van der Waals surface area contributed by atoms with E-state index >= 15 is 0 Å². The van der Waals surface area contributed by atoms with Crippen LogP contribution < -0.4 is 9.30 Å². The number of pyridine rings is 1. The number of alkyl halides is 1. The quantitative estimate of drug-likeness (QED) is 0.588. The molecule has 0 bridgehead atoms. The van der Waals surface area contributed by atoms with E-state index < -0.39 is 0 Å². The van der Waals surface area contributed by atoms with Crippen LogP contribution >= 0.6 is 11.6 Å². The molecule has 0 radical (unpaired) electrons. The lowest BCUT2D eigenvalue weighted by Gasteiger charge is -2.06. The van der Waals surface area contributed by atoms with Crippen molar-refractivity contribution in [1.82, 2.24) is 0 Å². The van der Waals surface area contributed by atoms with Crippen LogP contribution in [0.5, 0.6) is 5.75 Å². The van der Waals surface area contributed by atoms with E-state index in [1.807, 2.05) is 59.4 Å². The van der Waals surface area contributed by atoms with Crippen molar-refractivity contribution in [3.05, 3.63) is 60.4 Å². The topological polar surface area (TPSA) is 13.1 Å². The molecule has 0 saturated heterocycles. The summed E-state index contributed by atoms with van der Waals surface area (Å²) in [5.74, 6) is 0.839. The molecule has 0 amide bonds. The molecule has 2 rings (SSSR count). The van der Waals surface area contributed by atoms with Gasteiger partial charge in [-0.25, -0.2) is 0 Å². The highest BCUT2D eigenvalue weighted by molar-refractivity contribution is 6.19. The molecule has 0 aliphatic rings. The molecule has 0 saturated carbocycles. The normalized spacial score (nSPS) is 12.1. The molecule has 1 atom stereocenters. The standard InChI is InChI=1S/C13H13ClNO/c1-16-12-7-5-11(6-8-12)13(14)15-9-3-2-4-10-15/h2-10,13H,1H3/q+1. The molecule has 2 aromatic rings. The Labute approximate surface area is 100 Å². The molecule has 2 nitrogen and oxygen atoms in total. The molecule has 1 aromatic carbocycles. The number of methoxy groups -OCH3 is 1. The summed E-state index contributed by atoms with van der Waals surface area (Å²) in [5.41, 5.74) is 0.853. The second-order valence-electron chi connectivity index (χ2n) is 3.43. The maximum Gasteiger partial charge on any atom is 0.258 e. The second kappa shape index (κ2) is 4.99. The van der Waals surface area contributed by atoms with Crippen LogP contribution in [0.3, 0.4) is 0 Å². The average Bonchev–Trinajstić information content (AvgIpc) is 2.39. The van der Waals surface area contributed by atoms with Gasteiger partial charge in [-0.15, -0.1) is 0 Å². The van der Waals surface area contributed by atoms with Crippen LogP contribution in [-0.4, -0.2) is 7.11 Å². The fraction of sp³-hybridized carbons (Fsp3) is 0.154. The van der Waals surface area contributed by atoms with E-state index in [1.165, 1.54) is 0 Å². The molecule has 1 heterocycles. The summed E-state index contributed by atoms with van der Waals surface area (Å²) in [6.07, 6.45) is 3.89. The highest BCUT2D eigenvalue weighted by Crippen LogP contribution is 2.19. The molecule has 0 spiro atoms. The Kier molecular flexibility index (Phi) is 3.42. The zero-order chi connectivity index (χ0) is 11.4. The number of rotatable bonds is 3. The van der Waals surface area contributed by atoms with E-state index in [4.69, 9.17) is 16.3 Å². The van der Waals surface area contributed by atoms with E-state index in [0.29, 0.717) is 0 Å². The number of hydrogen-bond acceptors (Lipinski definition) is 1. The molecule has 0 aliphatic carbocycles. The third kappa shape index (κ3) is 2.34. The number of aromatic nitrogens is 1. The van der Waals surface area contributed by atoms with Crippen LogP contribution in [0, 0.1) is 0 Å². The summed E-state index contributed by atoms with van der Waals surface area (Å²) < 4.78 is 7.05. The Hall–Kier alpha value is -1.54. The maximum atomic E-state index is 6.35. The van der Waals surface area contributed by atoms with Gasteiger partial charge in [0.15, 0.2) is 12.4 Å². The molecule has 1 aromatic heterocycles. The first kappa shape index (κ1) is 11.0. The zero-order valence-electron chi connectivity index (χ0n) is 9.01. The molecule has 82 valence electrons. The van der Waals surface area contributed by atoms with Crippen molar-refractivity contribution in [2.45, 2.75) is 5.50 Å². The van der Waals surface area contributed by atoms with E-state index in [9.17, 15) is 0 Å².